The summed E-state index contributed by atoms with van der Waals surface area (Å²) in [5.41, 5.74) is 2.46. The Morgan fingerprint density at radius 1 is 1.03 bits per heavy atom. The largest absolute Gasteiger partial charge is 0.497 e. The SMILES string of the molecule is COc1ccc([C@@H]2[C@H](C(=O)NCCCN3CCOCC3)c3ccccc3C(=O)N2C2CCCCC2)cc1. The molecule has 198 valence electrons. The van der Waals surface area contributed by atoms with Crippen molar-refractivity contribution in [3.8, 4) is 5.75 Å². The molecule has 0 radical (unpaired) electrons. The molecule has 2 aromatic rings. The summed E-state index contributed by atoms with van der Waals surface area (Å²) >= 11 is 0. The van der Waals surface area contributed by atoms with E-state index in [2.05, 4.69) is 10.2 Å². The monoisotopic (exact) mass is 505 g/mol. The first-order valence-electron chi connectivity index (χ1n) is 13.8. The van der Waals surface area contributed by atoms with Gasteiger partial charge in [-0.05, 0) is 55.1 Å². The molecule has 1 aliphatic carbocycles. The number of carbonyl (C=O) groups is 2. The predicted octanol–water partition coefficient (Wildman–Crippen LogP) is 4.15. The summed E-state index contributed by atoms with van der Waals surface area (Å²) in [5, 5.41) is 3.23. The Hall–Kier alpha value is -2.90. The molecule has 2 heterocycles. The van der Waals surface area contributed by atoms with Crippen molar-refractivity contribution in [2.24, 2.45) is 0 Å². The quantitative estimate of drug-likeness (QED) is 0.546. The molecule has 0 unspecified atom stereocenters. The minimum absolute atomic E-state index is 0.0106. The van der Waals surface area contributed by atoms with Gasteiger partial charge in [0.1, 0.15) is 5.75 Å². The van der Waals surface area contributed by atoms with E-state index in [9.17, 15) is 9.59 Å². The van der Waals surface area contributed by atoms with Gasteiger partial charge in [0.25, 0.3) is 5.91 Å². The molecule has 1 saturated heterocycles. The molecule has 7 heteroatoms. The van der Waals surface area contributed by atoms with Gasteiger partial charge in [0.15, 0.2) is 0 Å². The van der Waals surface area contributed by atoms with Gasteiger partial charge >= 0.3 is 0 Å². The number of hydrogen-bond acceptors (Lipinski definition) is 5. The van der Waals surface area contributed by atoms with Gasteiger partial charge in [-0.3, -0.25) is 14.5 Å². The van der Waals surface area contributed by atoms with Crippen molar-refractivity contribution >= 4 is 11.8 Å². The number of fused-ring (bicyclic) bond motifs is 1. The van der Waals surface area contributed by atoms with E-state index in [-0.39, 0.29) is 23.9 Å². The summed E-state index contributed by atoms with van der Waals surface area (Å²) in [4.78, 5) is 32.4. The van der Waals surface area contributed by atoms with Crippen LogP contribution in [0.2, 0.25) is 0 Å². The minimum atomic E-state index is -0.465. The van der Waals surface area contributed by atoms with Crippen molar-refractivity contribution in [2.75, 3.05) is 46.5 Å². The van der Waals surface area contributed by atoms with Crippen LogP contribution < -0.4 is 10.1 Å². The lowest BCUT2D eigenvalue weighted by molar-refractivity contribution is -0.124. The molecule has 2 atom stereocenters. The highest BCUT2D eigenvalue weighted by atomic mass is 16.5. The molecule has 37 heavy (non-hydrogen) atoms. The Balaban J connectivity index is 1.44. The minimum Gasteiger partial charge on any atom is -0.497 e. The van der Waals surface area contributed by atoms with Gasteiger partial charge in [-0.1, -0.05) is 49.6 Å². The second kappa shape index (κ2) is 12.1. The summed E-state index contributed by atoms with van der Waals surface area (Å²) in [7, 11) is 1.65. The van der Waals surface area contributed by atoms with Crippen LogP contribution in [0.15, 0.2) is 48.5 Å². The van der Waals surface area contributed by atoms with Crippen molar-refractivity contribution in [1.29, 1.82) is 0 Å². The van der Waals surface area contributed by atoms with E-state index in [1.165, 1.54) is 6.42 Å². The number of hydrogen-bond donors (Lipinski definition) is 1. The van der Waals surface area contributed by atoms with Crippen LogP contribution in [0.1, 0.15) is 72.0 Å². The summed E-state index contributed by atoms with van der Waals surface area (Å²) in [6.45, 7) is 5.00. The summed E-state index contributed by atoms with van der Waals surface area (Å²) in [5.74, 6) is 0.329. The summed E-state index contributed by atoms with van der Waals surface area (Å²) in [6.07, 6.45) is 6.28. The zero-order valence-corrected chi connectivity index (χ0v) is 21.9. The lowest BCUT2D eigenvalue weighted by atomic mass is 9.77. The van der Waals surface area contributed by atoms with Gasteiger partial charge in [-0.2, -0.15) is 0 Å². The Morgan fingerprint density at radius 3 is 2.49 bits per heavy atom. The summed E-state index contributed by atoms with van der Waals surface area (Å²) in [6, 6.07) is 15.4. The standard InChI is InChI=1S/C30H39N3O4/c1-36-24-14-12-22(13-15-24)28-27(29(34)31-16-7-17-32-18-20-37-21-19-32)25-10-5-6-11-26(25)30(35)33(28)23-8-3-2-4-9-23/h5-6,10-15,23,27-28H,2-4,7-9,16-21H2,1H3,(H,31,34)/t27-,28-/m1/s1. The van der Waals surface area contributed by atoms with Crippen LogP contribution >= 0.6 is 0 Å². The molecule has 0 spiro atoms. The van der Waals surface area contributed by atoms with E-state index in [0.717, 1.165) is 81.8 Å². The lowest BCUT2D eigenvalue weighted by Crippen LogP contribution is -2.52. The molecule has 0 bridgehead atoms. The smallest absolute Gasteiger partial charge is 0.254 e. The average Bonchev–Trinajstić information content (AvgIpc) is 2.96. The van der Waals surface area contributed by atoms with Crippen molar-refractivity contribution in [2.45, 2.75) is 56.5 Å². The highest BCUT2D eigenvalue weighted by molar-refractivity contribution is 6.01. The average molecular weight is 506 g/mol. The number of nitrogens with zero attached hydrogens (tertiary/aromatic N) is 2. The van der Waals surface area contributed by atoms with E-state index in [1.54, 1.807) is 7.11 Å². The van der Waals surface area contributed by atoms with Crippen LogP contribution in [0.25, 0.3) is 0 Å². The Labute approximate surface area is 220 Å². The van der Waals surface area contributed by atoms with E-state index in [4.69, 9.17) is 9.47 Å². The maximum absolute atomic E-state index is 14.0. The maximum Gasteiger partial charge on any atom is 0.254 e. The molecule has 0 aromatic heterocycles. The first kappa shape index (κ1) is 25.7. The van der Waals surface area contributed by atoms with Crippen molar-refractivity contribution in [3.05, 3.63) is 65.2 Å². The number of carbonyl (C=O) groups excluding carboxylic acids is 2. The van der Waals surface area contributed by atoms with Crippen LogP contribution in [0, 0.1) is 0 Å². The Bertz CT molecular complexity index is 1060. The number of methoxy groups -OCH3 is 1. The fourth-order valence-electron chi connectivity index (χ4n) is 6.20. The van der Waals surface area contributed by atoms with Crippen LogP contribution in [0.5, 0.6) is 5.75 Å². The molecular weight excluding hydrogens is 466 g/mol. The van der Waals surface area contributed by atoms with E-state index >= 15 is 0 Å². The Kier molecular flexibility index (Phi) is 8.41. The number of ether oxygens (including phenoxy) is 2. The first-order chi connectivity index (χ1) is 18.2. The van der Waals surface area contributed by atoms with Crippen LogP contribution in [-0.2, 0) is 9.53 Å². The number of nitrogens with one attached hydrogen (secondary N) is 1. The van der Waals surface area contributed by atoms with E-state index in [0.29, 0.717) is 12.1 Å². The maximum atomic E-state index is 14.0. The fourth-order valence-corrected chi connectivity index (χ4v) is 6.20. The zero-order valence-electron chi connectivity index (χ0n) is 21.9. The number of morpholine rings is 1. The van der Waals surface area contributed by atoms with Gasteiger partial charge in [0.2, 0.25) is 5.91 Å². The molecule has 7 nitrogen and oxygen atoms in total. The van der Waals surface area contributed by atoms with Crippen LogP contribution in [0.4, 0.5) is 0 Å². The third-order valence-corrected chi connectivity index (χ3v) is 8.14. The zero-order chi connectivity index (χ0) is 25.6. The third kappa shape index (κ3) is 5.68. The number of rotatable bonds is 8. The molecule has 2 amide bonds. The highest BCUT2D eigenvalue weighted by Gasteiger charge is 2.46. The normalized spacial score (nSPS) is 22.9. The van der Waals surface area contributed by atoms with E-state index in [1.807, 2.05) is 53.4 Å². The molecule has 2 aromatic carbocycles. The fraction of sp³-hybridized carbons (Fsp3) is 0.533. The van der Waals surface area contributed by atoms with Crippen LogP contribution in [-0.4, -0.2) is 74.2 Å². The van der Waals surface area contributed by atoms with Crippen LogP contribution in [0.3, 0.4) is 0 Å². The molecule has 5 rings (SSSR count). The van der Waals surface area contributed by atoms with Crippen molar-refractivity contribution in [3.63, 3.8) is 0 Å². The number of benzene rings is 2. The molecule has 2 fully saturated rings. The second-order valence-corrected chi connectivity index (χ2v) is 10.4. The molecule has 1 saturated carbocycles. The van der Waals surface area contributed by atoms with Crippen molar-refractivity contribution in [1.82, 2.24) is 15.1 Å². The first-order valence-corrected chi connectivity index (χ1v) is 13.8. The molecule has 2 aliphatic heterocycles. The van der Waals surface area contributed by atoms with Gasteiger partial charge in [-0.15, -0.1) is 0 Å². The highest BCUT2D eigenvalue weighted by Crippen LogP contribution is 2.46. The topological polar surface area (TPSA) is 71.1 Å². The third-order valence-electron chi connectivity index (χ3n) is 8.14. The van der Waals surface area contributed by atoms with E-state index < -0.39 is 5.92 Å². The van der Waals surface area contributed by atoms with Gasteiger partial charge in [-0.25, -0.2) is 0 Å². The molecular formula is C30H39N3O4. The Morgan fingerprint density at radius 2 is 1.76 bits per heavy atom. The molecule has 3 aliphatic rings. The summed E-state index contributed by atoms with van der Waals surface area (Å²) < 4.78 is 10.8. The van der Waals surface area contributed by atoms with Gasteiger partial charge < -0.3 is 19.7 Å². The second-order valence-electron chi connectivity index (χ2n) is 10.4. The van der Waals surface area contributed by atoms with Gasteiger partial charge in [0, 0.05) is 31.2 Å². The molecule has 1 N–H and O–H groups in total. The predicted molar refractivity (Wildman–Crippen MR) is 143 cm³/mol. The van der Waals surface area contributed by atoms with Gasteiger partial charge in [0.05, 0.1) is 32.3 Å². The lowest BCUT2D eigenvalue weighted by Gasteiger charge is -2.46. The number of amides is 2. The van der Waals surface area contributed by atoms with Crippen molar-refractivity contribution < 1.29 is 19.1 Å².